The quantitative estimate of drug-likeness (QED) is 0.912. The summed E-state index contributed by atoms with van der Waals surface area (Å²) in [6.07, 6.45) is 0.990. The van der Waals surface area contributed by atoms with Gasteiger partial charge in [-0.1, -0.05) is 6.92 Å². The smallest absolute Gasteiger partial charge is 0.258 e. The van der Waals surface area contributed by atoms with Crippen LogP contribution >= 0.6 is 23.1 Å². The fourth-order valence-electron chi connectivity index (χ4n) is 1.72. The van der Waals surface area contributed by atoms with Crippen molar-refractivity contribution in [3.63, 3.8) is 0 Å². The number of rotatable bonds is 5. The third kappa shape index (κ3) is 2.93. The van der Waals surface area contributed by atoms with E-state index in [9.17, 15) is 4.79 Å². The maximum atomic E-state index is 12.0. The van der Waals surface area contributed by atoms with E-state index in [-0.39, 0.29) is 5.56 Å². The number of aryl methyl sites for hydroxylation is 1. The molecule has 0 aliphatic rings. The van der Waals surface area contributed by atoms with Crippen molar-refractivity contribution in [2.45, 2.75) is 31.3 Å². The highest BCUT2D eigenvalue weighted by molar-refractivity contribution is 7.99. The van der Waals surface area contributed by atoms with Gasteiger partial charge in [0, 0.05) is 28.1 Å². The molecular weight excluding hydrogens is 266 g/mol. The van der Waals surface area contributed by atoms with E-state index in [4.69, 9.17) is 5.73 Å². The van der Waals surface area contributed by atoms with Crippen LogP contribution in [0.2, 0.25) is 0 Å². The molecule has 0 spiro atoms. The van der Waals surface area contributed by atoms with Gasteiger partial charge in [0.25, 0.3) is 5.56 Å². The number of thiazole rings is 1. The second-order valence-corrected chi connectivity index (χ2v) is 6.54. The van der Waals surface area contributed by atoms with Crippen molar-refractivity contribution in [1.29, 1.82) is 0 Å². The molecule has 6 heteroatoms. The van der Waals surface area contributed by atoms with Crippen molar-refractivity contribution >= 4 is 28.1 Å². The maximum Gasteiger partial charge on any atom is 0.258 e. The first-order valence-electron chi connectivity index (χ1n) is 5.90. The maximum absolute atomic E-state index is 12.0. The number of nitrogens with two attached hydrogens (primary N) is 1. The first-order chi connectivity index (χ1) is 8.61. The first-order valence-corrected chi connectivity index (χ1v) is 7.83. The zero-order chi connectivity index (χ0) is 13.1. The summed E-state index contributed by atoms with van der Waals surface area (Å²) in [4.78, 5) is 17.3. The van der Waals surface area contributed by atoms with Crippen LogP contribution in [0.25, 0.3) is 4.96 Å². The number of hydrogen-bond donors (Lipinski definition) is 1. The van der Waals surface area contributed by atoms with Gasteiger partial charge >= 0.3 is 0 Å². The third-order valence-corrected chi connectivity index (χ3v) is 4.93. The molecule has 4 nitrogen and oxygen atoms in total. The zero-order valence-electron chi connectivity index (χ0n) is 10.5. The Morgan fingerprint density at radius 2 is 2.39 bits per heavy atom. The fourth-order valence-corrected chi connectivity index (χ4v) is 3.52. The molecule has 0 saturated carbocycles. The SMILES string of the molecule is Cc1csc2nc(CSC(C)CCN)cc(=O)n12. The van der Waals surface area contributed by atoms with Gasteiger partial charge in [0.2, 0.25) is 0 Å². The van der Waals surface area contributed by atoms with Gasteiger partial charge in [-0.25, -0.2) is 4.98 Å². The third-order valence-electron chi connectivity index (χ3n) is 2.72. The van der Waals surface area contributed by atoms with Crippen LogP contribution < -0.4 is 11.3 Å². The summed E-state index contributed by atoms with van der Waals surface area (Å²) in [6, 6.07) is 1.63. The minimum atomic E-state index is 0.0147. The number of fused-ring (bicyclic) bond motifs is 1. The number of nitrogens with zero attached hydrogens (tertiary/aromatic N) is 2. The van der Waals surface area contributed by atoms with E-state index in [2.05, 4.69) is 11.9 Å². The van der Waals surface area contributed by atoms with E-state index in [1.807, 2.05) is 12.3 Å². The van der Waals surface area contributed by atoms with Gasteiger partial charge in [-0.2, -0.15) is 11.8 Å². The summed E-state index contributed by atoms with van der Waals surface area (Å²) >= 11 is 3.30. The minimum absolute atomic E-state index is 0.0147. The summed E-state index contributed by atoms with van der Waals surface area (Å²) in [7, 11) is 0. The van der Waals surface area contributed by atoms with Crippen LogP contribution in [-0.4, -0.2) is 21.2 Å². The molecule has 2 N–H and O–H groups in total. The average molecular weight is 283 g/mol. The Hall–Kier alpha value is -0.850. The van der Waals surface area contributed by atoms with E-state index in [1.165, 1.54) is 11.3 Å². The van der Waals surface area contributed by atoms with Crippen molar-refractivity contribution in [3.05, 3.63) is 33.2 Å². The molecule has 2 aromatic heterocycles. The van der Waals surface area contributed by atoms with Crippen LogP contribution in [-0.2, 0) is 5.75 Å². The van der Waals surface area contributed by atoms with E-state index in [1.54, 1.807) is 22.2 Å². The molecule has 0 saturated heterocycles. The Morgan fingerprint density at radius 1 is 1.61 bits per heavy atom. The van der Waals surface area contributed by atoms with Crippen LogP contribution in [0.4, 0.5) is 0 Å². The molecular formula is C12H17N3OS2. The predicted octanol–water partition coefficient (Wildman–Crippen LogP) is 2.03. The highest BCUT2D eigenvalue weighted by Gasteiger charge is 2.08. The fraction of sp³-hybridized carbons (Fsp3) is 0.500. The molecule has 18 heavy (non-hydrogen) atoms. The monoisotopic (exact) mass is 283 g/mol. The van der Waals surface area contributed by atoms with Crippen molar-refractivity contribution in [2.75, 3.05) is 6.54 Å². The lowest BCUT2D eigenvalue weighted by molar-refractivity contribution is 0.822. The molecule has 0 aliphatic carbocycles. The minimum Gasteiger partial charge on any atom is -0.330 e. The molecule has 1 unspecified atom stereocenters. The predicted molar refractivity (Wildman–Crippen MR) is 78.5 cm³/mol. The number of aromatic nitrogens is 2. The normalized spacial score (nSPS) is 13.1. The summed E-state index contributed by atoms with van der Waals surface area (Å²) in [5.74, 6) is 0.768. The van der Waals surface area contributed by atoms with Crippen molar-refractivity contribution in [3.8, 4) is 0 Å². The van der Waals surface area contributed by atoms with E-state index in [0.29, 0.717) is 11.8 Å². The van der Waals surface area contributed by atoms with Crippen LogP contribution in [0.5, 0.6) is 0 Å². The number of thioether (sulfide) groups is 1. The molecule has 98 valence electrons. The van der Waals surface area contributed by atoms with E-state index in [0.717, 1.165) is 28.5 Å². The molecule has 0 aromatic carbocycles. The Balaban J connectivity index is 2.17. The van der Waals surface area contributed by atoms with Crippen LogP contribution in [0.1, 0.15) is 24.7 Å². The van der Waals surface area contributed by atoms with Crippen LogP contribution in [0.15, 0.2) is 16.2 Å². The molecule has 2 heterocycles. The largest absolute Gasteiger partial charge is 0.330 e. The van der Waals surface area contributed by atoms with Crippen molar-refractivity contribution in [1.82, 2.24) is 9.38 Å². The lowest BCUT2D eigenvalue weighted by Crippen LogP contribution is -2.15. The van der Waals surface area contributed by atoms with Crippen molar-refractivity contribution in [2.24, 2.45) is 5.73 Å². The van der Waals surface area contributed by atoms with Gasteiger partial charge in [0.05, 0.1) is 5.69 Å². The molecule has 0 aliphatic heterocycles. The van der Waals surface area contributed by atoms with Crippen LogP contribution in [0.3, 0.4) is 0 Å². The van der Waals surface area contributed by atoms with Gasteiger partial charge in [-0.05, 0) is 19.9 Å². The van der Waals surface area contributed by atoms with Gasteiger partial charge < -0.3 is 5.73 Å². The molecule has 2 rings (SSSR count). The second-order valence-electron chi connectivity index (χ2n) is 4.28. The lowest BCUT2D eigenvalue weighted by atomic mass is 10.3. The van der Waals surface area contributed by atoms with E-state index < -0.39 is 0 Å². The Bertz CT molecular complexity index is 591. The van der Waals surface area contributed by atoms with Crippen molar-refractivity contribution < 1.29 is 0 Å². The summed E-state index contributed by atoms with van der Waals surface area (Å²) in [5, 5.41) is 2.46. The Kier molecular flexibility index (Phi) is 4.42. The second kappa shape index (κ2) is 5.86. The molecule has 0 radical (unpaired) electrons. The van der Waals surface area contributed by atoms with Gasteiger partial charge in [0.15, 0.2) is 4.96 Å². The molecule has 2 aromatic rings. The number of hydrogen-bond acceptors (Lipinski definition) is 5. The molecule has 0 amide bonds. The molecule has 0 fully saturated rings. The Morgan fingerprint density at radius 3 is 3.11 bits per heavy atom. The zero-order valence-corrected chi connectivity index (χ0v) is 12.2. The highest BCUT2D eigenvalue weighted by atomic mass is 32.2. The summed E-state index contributed by atoms with van der Waals surface area (Å²) in [5.41, 5.74) is 7.34. The topological polar surface area (TPSA) is 60.4 Å². The lowest BCUT2D eigenvalue weighted by Gasteiger charge is -2.08. The first kappa shape index (κ1) is 13.6. The van der Waals surface area contributed by atoms with Gasteiger partial charge in [-0.3, -0.25) is 9.20 Å². The standard InChI is InChI=1S/C12H17N3OS2/c1-8-6-18-12-14-10(5-11(16)15(8)12)7-17-9(2)3-4-13/h5-6,9H,3-4,7,13H2,1-2H3. The average Bonchev–Trinajstić information content (AvgIpc) is 2.69. The summed E-state index contributed by atoms with van der Waals surface area (Å²) < 4.78 is 1.65. The van der Waals surface area contributed by atoms with Gasteiger partial charge in [0.1, 0.15) is 0 Å². The summed E-state index contributed by atoms with van der Waals surface area (Å²) in [6.45, 7) is 4.77. The Labute approximate surface area is 114 Å². The van der Waals surface area contributed by atoms with Crippen LogP contribution in [0, 0.1) is 6.92 Å². The molecule has 1 atom stereocenters. The van der Waals surface area contributed by atoms with E-state index >= 15 is 0 Å². The van der Waals surface area contributed by atoms with Gasteiger partial charge in [-0.15, -0.1) is 11.3 Å². The molecule has 0 bridgehead atoms. The highest BCUT2D eigenvalue weighted by Crippen LogP contribution is 2.19.